The lowest BCUT2D eigenvalue weighted by molar-refractivity contribution is -0.138. The molecule has 112 valence electrons. The number of rotatable bonds is 8. The van der Waals surface area contributed by atoms with E-state index in [4.69, 9.17) is 9.84 Å². The number of nitrogens with zero attached hydrogens (tertiary/aromatic N) is 1. The molecular weight excluding hydrogens is 254 g/mol. The van der Waals surface area contributed by atoms with Crippen molar-refractivity contribution in [1.29, 1.82) is 0 Å². The minimum atomic E-state index is -0.783. The average Bonchev–Trinajstić information content (AvgIpc) is 2.35. The normalized spacial score (nSPS) is 11.1. The van der Waals surface area contributed by atoms with E-state index in [9.17, 15) is 4.79 Å². The summed E-state index contributed by atoms with van der Waals surface area (Å²) in [6, 6.07) is 6.32. The quantitative estimate of drug-likeness (QED) is 0.743. The van der Waals surface area contributed by atoms with Gasteiger partial charge in [-0.3, -0.25) is 9.69 Å². The number of para-hydroxylation sites is 1. The number of benzene rings is 1. The lowest BCUT2D eigenvalue weighted by atomic mass is 10.1. The highest BCUT2D eigenvalue weighted by molar-refractivity contribution is 5.69. The molecule has 1 aromatic rings. The second-order valence-electron chi connectivity index (χ2n) is 5.38. The van der Waals surface area contributed by atoms with Crippen LogP contribution in [-0.2, 0) is 4.79 Å². The van der Waals surface area contributed by atoms with E-state index < -0.39 is 5.97 Å². The predicted molar refractivity (Wildman–Crippen MR) is 80.4 cm³/mol. The molecule has 0 bridgehead atoms. The molecule has 0 aliphatic carbocycles. The molecule has 20 heavy (non-hydrogen) atoms. The van der Waals surface area contributed by atoms with Crippen molar-refractivity contribution >= 4 is 5.97 Å². The van der Waals surface area contributed by atoms with Crippen LogP contribution in [0, 0.1) is 13.8 Å². The molecule has 0 atom stereocenters. The van der Waals surface area contributed by atoms with Crippen LogP contribution in [0.15, 0.2) is 18.2 Å². The first kappa shape index (κ1) is 16.5. The van der Waals surface area contributed by atoms with E-state index in [-0.39, 0.29) is 12.6 Å². The Labute approximate surface area is 121 Å². The van der Waals surface area contributed by atoms with E-state index >= 15 is 0 Å². The Morgan fingerprint density at radius 3 is 2.40 bits per heavy atom. The van der Waals surface area contributed by atoms with Gasteiger partial charge in [-0.15, -0.1) is 0 Å². The number of ether oxygens (including phenoxy) is 1. The zero-order valence-corrected chi connectivity index (χ0v) is 12.8. The van der Waals surface area contributed by atoms with Crippen LogP contribution >= 0.6 is 0 Å². The highest BCUT2D eigenvalue weighted by Crippen LogP contribution is 2.22. The maximum absolute atomic E-state index is 10.8. The molecule has 0 spiro atoms. The van der Waals surface area contributed by atoms with Crippen LogP contribution in [0.3, 0.4) is 0 Å². The van der Waals surface area contributed by atoms with Gasteiger partial charge in [0.05, 0.1) is 13.2 Å². The molecule has 0 radical (unpaired) electrons. The Balaban J connectivity index is 2.42. The van der Waals surface area contributed by atoms with E-state index in [1.54, 1.807) is 0 Å². The molecule has 0 aliphatic rings. The van der Waals surface area contributed by atoms with Gasteiger partial charge in [-0.25, -0.2) is 0 Å². The molecule has 1 N–H and O–H groups in total. The molecule has 0 amide bonds. The van der Waals surface area contributed by atoms with E-state index in [0.717, 1.165) is 29.8 Å². The van der Waals surface area contributed by atoms with Crippen molar-refractivity contribution in [3.63, 3.8) is 0 Å². The van der Waals surface area contributed by atoms with Gasteiger partial charge in [0.1, 0.15) is 5.75 Å². The molecule has 0 fully saturated rings. The maximum Gasteiger partial charge on any atom is 0.317 e. The number of carboxylic acids is 1. The van der Waals surface area contributed by atoms with Crippen LogP contribution in [-0.4, -0.2) is 41.7 Å². The molecule has 0 aliphatic heterocycles. The average molecular weight is 279 g/mol. The van der Waals surface area contributed by atoms with Crippen molar-refractivity contribution in [2.45, 2.75) is 40.2 Å². The maximum atomic E-state index is 10.8. The fraction of sp³-hybridized carbons (Fsp3) is 0.562. The molecule has 0 unspecified atom stereocenters. The van der Waals surface area contributed by atoms with Gasteiger partial charge in [-0.1, -0.05) is 18.2 Å². The van der Waals surface area contributed by atoms with Crippen molar-refractivity contribution in [2.75, 3.05) is 19.7 Å². The number of hydrogen-bond acceptors (Lipinski definition) is 3. The summed E-state index contributed by atoms with van der Waals surface area (Å²) < 4.78 is 5.83. The van der Waals surface area contributed by atoms with E-state index in [2.05, 4.69) is 0 Å². The van der Waals surface area contributed by atoms with Crippen molar-refractivity contribution in [2.24, 2.45) is 0 Å². The monoisotopic (exact) mass is 279 g/mol. The third-order valence-corrected chi connectivity index (χ3v) is 3.31. The van der Waals surface area contributed by atoms with Crippen LogP contribution < -0.4 is 4.74 Å². The fourth-order valence-electron chi connectivity index (χ4n) is 2.16. The summed E-state index contributed by atoms with van der Waals surface area (Å²) in [5.74, 6) is 0.163. The zero-order chi connectivity index (χ0) is 15.1. The summed E-state index contributed by atoms with van der Waals surface area (Å²) in [6.45, 7) is 9.51. The lowest BCUT2D eigenvalue weighted by Crippen LogP contribution is -2.36. The SMILES string of the molecule is Cc1cccc(C)c1OCCCN(CC(=O)O)C(C)C. The van der Waals surface area contributed by atoms with E-state index in [0.29, 0.717) is 6.61 Å². The van der Waals surface area contributed by atoms with Gasteiger partial charge in [0, 0.05) is 12.6 Å². The highest BCUT2D eigenvalue weighted by Gasteiger charge is 2.12. The highest BCUT2D eigenvalue weighted by atomic mass is 16.5. The number of hydrogen-bond donors (Lipinski definition) is 1. The van der Waals surface area contributed by atoms with E-state index in [1.807, 2.05) is 50.8 Å². The van der Waals surface area contributed by atoms with Crippen LogP contribution in [0.5, 0.6) is 5.75 Å². The molecular formula is C16H25NO3. The second-order valence-corrected chi connectivity index (χ2v) is 5.38. The van der Waals surface area contributed by atoms with Gasteiger partial charge in [0.25, 0.3) is 0 Å². The minimum absolute atomic E-state index is 0.0844. The second kappa shape index (κ2) is 7.90. The fourth-order valence-corrected chi connectivity index (χ4v) is 2.16. The van der Waals surface area contributed by atoms with Crippen LogP contribution in [0.2, 0.25) is 0 Å². The van der Waals surface area contributed by atoms with Gasteiger partial charge < -0.3 is 9.84 Å². The van der Waals surface area contributed by atoms with Gasteiger partial charge in [0.15, 0.2) is 0 Å². The summed E-state index contributed by atoms with van der Waals surface area (Å²) in [7, 11) is 0. The van der Waals surface area contributed by atoms with Crippen molar-refractivity contribution in [1.82, 2.24) is 4.90 Å². The van der Waals surface area contributed by atoms with Gasteiger partial charge in [-0.2, -0.15) is 0 Å². The number of aryl methyl sites for hydroxylation is 2. The smallest absolute Gasteiger partial charge is 0.317 e. The first-order valence-corrected chi connectivity index (χ1v) is 7.06. The first-order chi connectivity index (χ1) is 9.41. The standard InChI is InChI=1S/C16H25NO3/c1-12(2)17(11-15(18)19)9-6-10-20-16-13(3)7-5-8-14(16)4/h5,7-8,12H,6,9-11H2,1-4H3,(H,18,19). The Morgan fingerprint density at radius 1 is 1.30 bits per heavy atom. The summed E-state index contributed by atoms with van der Waals surface area (Å²) in [5.41, 5.74) is 2.27. The molecule has 0 heterocycles. The third-order valence-electron chi connectivity index (χ3n) is 3.31. The third kappa shape index (κ3) is 5.21. The first-order valence-electron chi connectivity index (χ1n) is 7.06. The molecule has 1 rings (SSSR count). The van der Waals surface area contributed by atoms with Crippen LogP contribution in [0.25, 0.3) is 0 Å². The van der Waals surface area contributed by atoms with Gasteiger partial charge in [0.2, 0.25) is 0 Å². The lowest BCUT2D eigenvalue weighted by Gasteiger charge is -2.24. The van der Waals surface area contributed by atoms with Crippen LogP contribution in [0.4, 0.5) is 0 Å². The largest absolute Gasteiger partial charge is 0.493 e. The van der Waals surface area contributed by atoms with Crippen molar-refractivity contribution in [3.8, 4) is 5.75 Å². The topological polar surface area (TPSA) is 49.8 Å². The van der Waals surface area contributed by atoms with Gasteiger partial charge >= 0.3 is 5.97 Å². The molecule has 4 nitrogen and oxygen atoms in total. The molecule has 0 saturated heterocycles. The Bertz CT molecular complexity index is 423. The zero-order valence-electron chi connectivity index (χ0n) is 12.8. The molecule has 4 heteroatoms. The Hall–Kier alpha value is -1.55. The number of carbonyl (C=O) groups is 1. The molecule has 0 saturated carbocycles. The summed E-state index contributed by atoms with van der Waals surface area (Å²) >= 11 is 0. The van der Waals surface area contributed by atoms with E-state index in [1.165, 1.54) is 0 Å². The Morgan fingerprint density at radius 2 is 1.90 bits per heavy atom. The number of aliphatic carboxylic acids is 1. The summed E-state index contributed by atoms with van der Waals surface area (Å²) in [5, 5.41) is 8.87. The molecule has 1 aromatic carbocycles. The minimum Gasteiger partial charge on any atom is -0.493 e. The van der Waals surface area contributed by atoms with Crippen molar-refractivity contribution < 1.29 is 14.6 Å². The summed E-state index contributed by atoms with van der Waals surface area (Å²) in [6.07, 6.45) is 0.819. The molecule has 0 aromatic heterocycles. The number of carboxylic acid groups (broad SMARTS) is 1. The summed E-state index contributed by atoms with van der Waals surface area (Å²) in [4.78, 5) is 12.7. The van der Waals surface area contributed by atoms with Gasteiger partial charge in [-0.05, 0) is 45.2 Å². The van der Waals surface area contributed by atoms with Crippen LogP contribution in [0.1, 0.15) is 31.4 Å². The Kier molecular flexibility index (Phi) is 6.52. The van der Waals surface area contributed by atoms with Crippen molar-refractivity contribution in [3.05, 3.63) is 29.3 Å². The predicted octanol–water partition coefficient (Wildman–Crippen LogP) is 2.87.